The smallest absolute Gasteiger partial charge is 0.352 e. The van der Waals surface area contributed by atoms with Crippen LogP contribution in [0, 0.1) is 6.92 Å². The van der Waals surface area contributed by atoms with Crippen LogP contribution in [0.15, 0.2) is 71.6 Å². The number of hydrogen-bond acceptors (Lipinski definition) is 4. The molecule has 3 aromatic rings. The van der Waals surface area contributed by atoms with Gasteiger partial charge in [-0.3, -0.25) is 13.9 Å². The zero-order valence-electron chi connectivity index (χ0n) is 24.8. The van der Waals surface area contributed by atoms with Gasteiger partial charge in [-0.05, 0) is 68.7 Å². The molecule has 0 bridgehead atoms. The lowest BCUT2D eigenvalue weighted by Crippen LogP contribution is -2.53. The zero-order valence-corrected chi connectivity index (χ0v) is 27.1. The highest BCUT2D eigenvalue weighted by Crippen LogP contribution is 2.34. The van der Waals surface area contributed by atoms with E-state index in [4.69, 9.17) is 23.2 Å². The predicted molar refractivity (Wildman–Crippen MR) is 169 cm³/mol. The SMILES string of the molecule is CC[C@@H](C(=O)NC1CCCC1)N(Cc1c(Cl)cccc1Cl)C(=O)CN(c1cccc(C(F)(F)F)c1)S(=O)(=O)c1ccc(C)cc1. The molecule has 0 saturated heterocycles. The summed E-state index contributed by atoms with van der Waals surface area (Å²) in [5.41, 5.74) is -0.345. The molecule has 0 heterocycles. The van der Waals surface area contributed by atoms with Crippen molar-refractivity contribution in [3.63, 3.8) is 0 Å². The fraction of sp³-hybridized carbons (Fsp3) is 0.375. The van der Waals surface area contributed by atoms with Crippen LogP contribution in [0.3, 0.4) is 0 Å². The number of carbonyl (C=O) groups is 2. The standard InChI is InChI=1S/C32H34Cl2F3N3O4S/c1-3-29(31(42)38-23-9-4-5-10-23)39(19-26-27(33)12-7-13-28(26)34)30(41)20-40(24-11-6-8-22(18-24)32(35,36)37)45(43,44)25-16-14-21(2)15-17-25/h6-8,11-18,23,29H,3-5,9-10,19-20H2,1-2H3,(H,38,42)/t29-/m0/s1. The van der Waals surface area contributed by atoms with E-state index in [2.05, 4.69) is 5.32 Å². The first-order valence-corrected chi connectivity index (χ1v) is 16.7. The molecular formula is C32H34Cl2F3N3O4S. The van der Waals surface area contributed by atoms with Crippen LogP contribution >= 0.6 is 23.2 Å². The fourth-order valence-electron chi connectivity index (χ4n) is 5.34. The molecule has 1 fully saturated rings. The molecule has 1 N–H and O–H groups in total. The van der Waals surface area contributed by atoms with Crippen LogP contribution in [-0.4, -0.2) is 43.8 Å². The normalized spacial score (nSPS) is 14.6. The lowest BCUT2D eigenvalue weighted by Gasteiger charge is -2.34. The minimum Gasteiger partial charge on any atom is -0.352 e. The van der Waals surface area contributed by atoms with E-state index in [0.29, 0.717) is 15.9 Å². The lowest BCUT2D eigenvalue weighted by molar-refractivity contribution is -0.140. The fourth-order valence-corrected chi connectivity index (χ4v) is 7.27. The summed E-state index contributed by atoms with van der Waals surface area (Å²) in [6, 6.07) is 13.1. The Hall–Kier alpha value is -3.28. The molecule has 45 heavy (non-hydrogen) atoms. The number of anilines is 1. The minimum atomic E-state index is -4.77. The number of aryl methyl sites for hydroxylation is 1. The monoisotopic (exact) mass is 683 g/mol. The summed E-state index contributed by atoms with van der Waals surface area (Å²) >= 11 is 12.9. The van der Waals surface area contributed by atoms with E-state index in [0.717, 1.165) is 43.4 Å². The number of hydrogen-bond donors (Lipinski definition) is 1. The van der Waals surface area contributed by atoms with Gasteiger partial charge >= 0.3 is 6.18 Å². The molecule has 4 rings (SSSR count). The van der Waals surface area contributed by atoms with Gasteiger partial charge in [0.2, 0.25) is 11.8 Å². The maximum Gasteiger partial charge on any atom is 0.416 e. The summed E-state index contributed by atoms with van der Waals surface area (Å²) in [6.07, 6.45) is -1.08. The van der Waals surface area contributed by atoms with Gasteiger partial charge in [0.1, 0.15) is 12.6 Å². The Morgan fingerprint density at radius 1 is 0.978 bits per heavy atom. The minimum absolute atomic E-state index is 0.0593. The number of sulfonamides is 1. The molecule has 13 heteroatoms. The highest BCUT2D eigenvalue weighted by Gasteiger charge is 2.37. The Morgan fingerprint density at radius 2 is 1.58 bits per heavy atom. The molecule has 242 valence electrons. The van der Waals surface area contributed by atoms with Crippen LogP contribution in [0.5, 0.6) is 0 Å². The van der Waals surface area contributed by atoms with Crippen LogP contribution in [0.4, 0.5) is 18.9 Å². The number of nitrogens with one attached hydrogen (secondary N) is 1. The molecule has 2 amide bonds. The largest absolute Gasteiger partial charge is 0.416 e. The third kappa shape index (κ3) is 8.31. The summed E-state index contributed by atoms with van der Waals surface area (Å²) in [4.78, 5) is 28.8. The summed E-state index contributed by atoms with van der Waals surface area (Å²) in [6.45, 7) is 2.33. The molecule has 1 aliphatic carbocycles. The van der Waals surface area contributed by atoms with Crippen molar-refractivity contribution in [3.05, 3.63) is 93.5 Å². The van der Waals surface area contributed by atoms with Crippen molar-refractivity contribution in [3.8, 4) is 0 Å². The molecule has 1 atom stereocenters. The molecule has 0 unspecified atom stereocenters. The van der Waals surface area contributed by atoms with E-state index in [9.17, 15) is 31.2 Å². The Labute approximate surface area is 271 Å². The second-order valence-corrected chi connectivity index (χ2v) is 13.7. The van der Waals surface area contributed by atoms with Gasteiger partial charge in [0, 0.05) is 28.2 Å². The van der Waals surface area contributed by atoms with Gasteiger partial charge in [-0.15, -0.1) is 0 Å². The summed E-state index contributed by atoms with van der Waals surface area (Å²) in [5, 5.41) is 3.45. The zero-order chi connectivity index (χ0) is 32.9. The topological polar surface area (TPSA) is 86.8 Å². The molecule has 7 nitrogen and oxygen atoms in total. The third-order valence-corrected chi connectivity index (χ3v) is 10.3. The van der Waals surface area contributed by atoms with E-state index in [1.807, 2.05) is 0 Å². The Balaban J connectivity index is 1.79. The van der Waals surface area contributed by atoms with Crippen molar-refractivity contribution in [1.29, 1.82) is 0 Å². The number of carbonyl (C=O) groups excluding carboxylic acids is 2. The Kier molecular flexibility index (Phi) is 11.1. The van der Waals surface area contributed by atoms with Crippen molar-refractivity contribution < 1.29 is 31.2 Å². The highest BCUT2D eigenvalue weighted by atomic mass is 35.5. The number of nitrogens with zero attached hydrogens (tertiary/aromatic N) is 2. The number of rotatable bonds is 11. The molecule has 0 aromatic heterocycles. The van der Waals surface area contributed by atoms with Crippen molar-refractivity contribution in [2.75, 3.05) is 10.8 Å². The number of alkyl halides is 3. The molecule has 0 spiro atoms. The first-order chi connectivity index (χ1) is 21.2. The van der Waals surface area contributed by atoms with Crippen LogP contribution < -0.4 is 9.62 Å². The van der Waals surface area contributed by atoms with E-state index in [1.54, 1.807) is 44.2 Å². The molecule has 3 aromatic carbocycles. The quantitative estimate of drug-likeness (QED) is 0.229. The molecule has 1 aliphatic rings. The van der Waals surface area contributed by atoms with Crippen molar-refractivity contribution in [1.82, 2.24) is 10.2 Å². The average Bonchev–Trinajstić information content (AvgIpc) is 3.50. The first kappa shape index (κ1) is 34.6. The van der Waals surface area contributed by atoms with E-state index in [-0.39, 0.29) is 39.6 Å². The summed E-state index contributed by atoms with van der Waals surface area (Å²) in [5.74, 6) is -1.25. The number of amides is 2. The van der Waals surface area contributed by atoms with Crippen molar-refractivity contribution in [2.24, 2.45) is 0 Å². The first-order valence-electron chi connectivity index (χ1n) is 14.5. The summed E-state index contributed by atoms with van der Waals surface area (Å²) in [7, 11) is -4.56. The third-order valence-electron chi connectivity index (χ3n) is 7.83. The summed E-state index contributed by atoms with van der Waals surface area (Å²) < 4.78 is 69.7. The highest BCUT2D eigenvalue weighted by molar-refractivity contribution is 7.92. The maximum absolute atomic E-state index is 14.2. The van der Waals surface area contributed by atoms with Crippen LogP contribution in [0.25, 0.3) is 0 Å². The Morgan fingerprint density at radius 3 is 2.16 bits per heavy atom. The van der Waals surface area contributed by atoms with Gasteiger partial charge < -0.3 is 10.2 Å². The van der Waals surface area contributed by atoms with Gasteiger partial charge in [-0.25, -0.2) is 8.42 Å². The molecule has 1 saturated carbocycles. The Bertz CT molecular complexity index is 1610. The van der Waals surface area contributed by atoms with Gasteiger partial charge in [-0.2, -0.15) is 13.2 Å². The second kappa shape index (κ2) is 14.4. The van der Waals surface area contributed by atoms with E-state index < -0.39 is 46.2 Å². The van der Waals surface area contributed by atoms with E-state index in [1.165, 1.54) is 23.1 Å². The second-order valence-electron chi connectivity index (χ2n) is 11.0. The van der Waals surface area contributed by atoms with Gasteiger partial charge in [0.05, 0.1) is 16.1 Å². The van der Waals surface area contributed by atoms with Gasteiger partial charge in [-0.1, -0.05) is 72.8 Å². The molecule has 0 radical (unpaired) electrons. The number of benzene rings is 3. The lowest BCUT2D eigenvalue weighted by atomic mass is 10.1. The van der Waals surface area contributed by atoms with Gasteiger partial charge in [0.15, 0.2) is 0 Å². The predicted octanol–water partition coefficient (Wildman–Crippen LogP) is 7.38. The van der Waals surface area contributed by atoms with Crippen LogP contribution in [0.2, 0.25) is 10.0 Å². The number of halogens is 5. The van der Waals surface area contributed by atoms with Crippen LogP contribution in [0.1, 0.15) is 55.7 Å². The van der Waals surface area contributed by atoms with Gasteiger partial charge in [0.25, 0.3) is 10.0 Å². The molecule has 0 aliphatic heterocycles. The van der Waals surface area contributed by atoms with E-state index >= 15 is 0 Å². The van der Waals surface area contributed by atoms with Crippen molar-refractivity contribution >= 4 is 50.7 Å². The van der Waals surface area contributed by atoms with Crippen LogP contribution in [-0.2, 0) is 32.3 Å². The maximum atomic E-state index is 14.2. The average molecular weight is 685 g/mol. The molecular weight excluding hydrogens is 650 g/mol. The van der Waals surface area contributed by atoms with Crippen molar-refractivity contribution in [2.45, 2.75) is 75.7 Å².